The lowest BCUT2D eigenvalue weighted by Crippen LogP contribution is -2.45. The number of benzene rings is 2. The van der Waals surface area contributed by atoms with Gasteiger partial charge in [0.1, 0.15) is 0 Å². The van der Waals surface area contributed by atoms with Gasteiger partial charge in [-0.05, 0) is 80.3 Å². The first kappa shape index (κ1) is 62.7. The van der Waals surface area contributed by atoms with Crippen molar-refractivity contribution in [2.24, 2.45) is 29.4 Å². The number of nitrogens with one attached hydrogen (secondary N) is 4. The van der Waals surface area contributed by atoms with E-state index in [4.69, 9.17) is 19.9 Å². The third-order valence-electron chi connectivity index (χ3n) is 13.5. The van der Waals surface area contributed by atoms with Crippen LogP contribution in [0.15, 0.2) is 85.2 Å². The van der Waals surface area contributed by atoms with Gasteiger partial charge in [0.25, 0.3) is 5.91 Å². The summed E-state index contributed by atoms with van der Waals surface area (Å²) in [5, 5.41) is 11.3. The smallest absolute Gasteiger partial charge is 0.312 e. The van der Waals surface area contributed by atoms with Crippen molar-refractivity contribution in [1.82, 2.24) is 25.8 Å². The predicted molar refractivity (Wildman–Crippen MR) is 292 cm³/mol. The zero-order chi connectivity index (χ0) is 54.7. The highest BCUT2D eigenvalue weighted by molar-refractivity contribution is 6.03. The quantitative estimate of drug-likeness (QED) is 0.0173. The number of rotatable bonds is 33. The van der Waals surface area contributed by atoms with E-state index in [1.165, 1.54) is 4.90 Å². The fourth-order valence-corrected chi connectivity index (χ4v) is 9.14. The Balaban J connectivity index is 0.0000128. The van der Waals surface area contributed by atoms with Gasteiger partial charge in [-0.15, -0.1) is 0 Å². The molecule has 2 aliphatic rings. The zero-order valence-electron chi connectivity index (χ0n) is 45.5. The molecule has 0 aliphatic carbocycles. The van der Waals surface area contributed by atoms with Crippen molar-refractivity contribution in [2.45, 2.75) is 97.6 Å². The molecule has 0 radical (unpaired) electrons. The molecule has 3 atom stereocenters. The van der Waals surface area contributed by atoms with Gasteiger partial charge in [-0.3, -0.25) is 38.5 Å². The van der Waals surface area contributed by atoms with E-state index in [-0.39, 0.29) is 132 Å². The predicted octanol–water partition coefficient (Wildman–Crippen LogP) is 5.26. The second kappa shape index (κ2) is 34.0. The number of nitrogens with two attached hydrogens (primary N) is 1. The van der Waals surface area contributed by atoms with Gasteiger partial charge < -0.3 is 53.5 Å². The molecule has 0 bridgehead atoms. The molecule has 3 aromatic rings. The second-order valence-electron chi connectivity index (χ2n) is 19.9. The average molecular weight is 1070 g/mol. The second-order valence-corrected chi connectivity index (χ2v) is 19.9. The van der Waals surface area contributed by atoms with Crippen molar-refractivity contribution in [3.05, 3.63) is 109 Å². The largest absolute Gasteiger partial charge is 0.379 e. The summed E-state index contributed by atoms with van der Waals surface area (Å²) in [4.78, 5) is 104. The van der Waals surface area contributed by atoms with Crippen molar-refractivity contribution in [3.63, 3.8) is 0 Å². The van der Waals surface area contributed by atoms with Crippen LogP contribution >= 0.6 is 0 Å². The number of aromatic nitrogens is 1. The minimum atomic E-state index is -0.843. The molecule has 19 nitrogen and oxygen atoms in total. The Morgan fingerprint density at radius 1 is 0.818 bits per heavy atom. The number of amides is 8. The van der Waals surface area contributed by atoms with E-state index in [0.717, 1.165) is 61.9 Å². The summed E-state index contributed by atoms with van der Waals surface area (Å²) in [7, 11) is 0. The van der Waals surface area contributed by atoms with Crippen LogP contribution in [0.4, 0.5) is 10.5 Å². The lowest BCUT2D eigenvalue weighted by atomic mass is 9.89. The standard InChI is InChI=1S/C57H78N8O11.CH3/c1-41(2)53(62-51(68)24-31-74-33-35-76-36-34-75-32-30-65-52(69)37-42(3)55(65)71)49(66)38-47(15-9-26-60-57(58)73)54(70)61-48-19-16-45(17-20-48)40-63-27-10-12-44(39-63)18-21-50(67)59-25-8-7-11-43-22-28-64(29-23-43)56(72)46-13-5-4-6-14-46;/h4-6,10,12-14,16-21,27,39,41-43,47,53H,7-9,11,15,22-26,28-38,40H2,1-3H3,(H5-,58,59,60,61,62,67,68,70,73);1H3/q;-1/p+1/b21-18+;/t42?,47-,53+;/m1./s1. The molecule has 2 aromatic carbocycles. The Morgan fingerprint density at radius 2 is 1.49 bits per heavy atom. The van der Waals surface area contributed by atoms with Crippen LogP contribution in [-0.4, -0.2) is 135 Å². The summed E-state index contributed by atoms with van der Waals surface area (Å²) in [5.74, 6) is -2.16. The average Bonchev–Trinajstić information content (AvgIpc) is 3.65. The number of likely N-dealkylation sites (tertiary alicyclic amines) is 2. The van der Waals surface area contributed by atoms with Crippen LogP contribution in [0.25, 0.3) is 6.08 Å². The molecular weight excluding hydrogens is 985 g/mol. The zero-order valence-corrected chi connectivity index (χ0v) is 45.5. The number of urea groups is 1. The first-order chi connectivity index (χ1) is 36.7. The topological polar surface area (TPSA) is 249 Å². The third kappa shape index (κ3) is 22.7. The Morgan fingerprint density at radius 3 is 2.16 bits per heavy atom. The fraction of sp³-hybridized carbons (Fsp3) is 0.517. The number of hydrogen-bond acceptors (Lipinski definition) is 11. The summed E-state index contributed by atoms with van der Waals surface area (Å²) < 4.78 is 18.5. The van der Waals surface area contributed by atoms with Crippen LogP contribution in [0.5, 0.6) is 0 Å². The molecule has 3 heterocycles. The molecule has 2 aliphatic heterocycles. The van der Waals surface area contributed by atoms with Crippen molar-refractivity contribution in [1.29, 1.82) is 0 Å². The number of pyridine rings is 1. The van der Waals surface area contributed by atoms with Gasteiger partial charge >= 0.3 is 6.03 Å². The van der Waals surface area contributed by atoms with Crippen LogP contribution in [0.1, 0.15) is 106 Å². The molecule has 2 fully saturated rings. The number of Topliss-reactive ketones (excluding diaryl/α,β-unsaturated/α-hetero) is 1. The number of unbranched alkanes of at least 4 members (excludes halogenated alkanes) is 1. The number of carbonyl (C=O) groups is 8. The monoisotopic (exact) mass is 1070 g/mol. The van der Waals surface area contributed by atoms with E-state index in [9.17, 15) is 38.4 Å². The van der Waals surface area contributed by atoms with Crippen molar-refractivity contribution in [3.8, 4) is 0 Å². The van der Waals surface area contributed by atoms with E-state index in [1.54, 1.807) is 31.2 Å². The number of anilines is 1. The lowest BCUT2D eigenvalue weighted by molar-refractivity contribution is -0.688. The van der Waals surface area contributed by atoms with E-state index in [0.29, 0.717) is 37.7 Å². The van der Waals surface area contributed by atoms with Crippen LogP contribution in [0.2, 0.25) is 0 Å². The van der Waals surface area contributed by atoms with Crippen LogP contribution in [0.3, 0.4) is 0 Å². The maximum absolute atomic E-state index is 13.7. The van der Waals surface area contributed by atoms with Crippen LogP contribution < -0.4 is 31.6 Å². The SMILES string of the molecule is CC1CC(=O)N(CCOCCOCCOCCC(=O)N[C@H](C(=O)C[C@@H](CCCNC(N)=O)C(=O)Nc2ccc(C[n+]3cccc(/C=C/C(=O)NCCCCC4CCN(C(=O)c5ccccc5)CC4)c3)cc2)C(C)C)C1=O.[CH3-]. The molecule has 1 unspecified atom stereocenters. The molecule has 77 heavy (non-hydrogen) atoms. The molecule has 0 saturated carbocycles. The minimum Gasteiger partial charge on any atom is -0.379 e. The number of hydrogen-bond donors (Lipinski definition) is 5. The summed E-state index contributed by atoms with van der Waals surface area (Å²) in [5.41, 5.74) is 8.35. The molecular formula is C58H82N8O11. The molecule has 1 aromatic heterocycles. The van der Waals surface area contributed by atoms with Gasteiger partial charge in [-0.1, -0.05) is 63.9 Å². The number of nitrogens with zero attached hydrogens (tertiary/aromatic N) is 3. The number of carbonyl (C=O) groups excluding carboxylic acids is 8. The number of primary amides is 1. The molecule has 5 rings (SSSR count). The summed E-state index contributed by atoms with van der Waals surface area (Å²) >= 11 is 0. The van der Waals surface area contributed by atoms with Crippen molar-refractivity contribution < 1.29 is 57.1 Å². The van der Waals surface area contributed by atoms with Gasteiger partial charge in [0, 0.05) is 91.8 Å². The Hall–Kier alpha value is -6.83. The van der Waals surface area contributed by atoms with Crippen molar-refractivity contribution in [2.75, 3.05) is 77.7 Å². The highest BCUT2D eigenvalue weighted by Crippen LogP contribution is 2.24. The Labute approximate surface area is 454 Å². The van der Waals surface area contributed by atoms with E-state index >= 15 is 0 Å². The van der Waals surface area contributed by atoms with Crippen molar-refractivity contribution >= 4 is 59.0 Å². The maximum atomic E-state index is 13.7. The maximum Gasteiger partial charge on any atom is 0.312 e. The number of ketones is 1. The fourth-order valence-electron chi connectivity index (χ4n) is 9.14. The summed E-state index contributed by atoms with van der Waals surface area (Å²) in [6.07, 6.45) is 13.0. The first-order valence-electron chi connectivity index (χ1n) is 26.8. The van der Waals surface area contributed by atoms with Crippen LogP contribution in [0, 0.1) is 31.1 Å². The highest BCUT2D eigenvalue weighted by Gasteiger charge is 2.35. The third-order valence-corrected chi connectivity index (χ3v) is 13.5. The number of imide groups is 1. The molecule has 6 N–H and O–H groups in total. The molecule has 0 spiro atoms. The number of ether oxygens (including phenoxy) is 3. The number of piperidine rings is 1. The van der Waals surface area contributed by atoms with Gasteiger partial charge in [-0.25, -0.2) is 9.36 Å². The minimum absolute atomic E-state index is 0. The molecule has 420 valence electrons. The lowest BCUT2D eigenvalue weighted by Gasteiger charge is -2.32. The summed E-state index contributed by atoms with van der Waals surface area (Å²) in [6, 6.07) is 19.1. The first-order valence-corrected chi connectivity index (χ1v) is 26.8. The Kier molecular flexibility index (Phi) is 27.7. The van der Waals surface area contributed by atoms with Gasteiger partial charge in [-0.2, -0.15) is 0 Å². The normalized spacial score (nSPS) is 15.5. The van der Waals surface area contributed by atoms with Gasteiger partial charge in [0.05, 0.1) is 52.2 Å². The Bertz CT molecular complexity index is 2390. The summed E-state index contributed by atoms with van der Waals surface area (Å²) in [6.45, 7) is 9.91. The molecule has 19 heteroatoms. The van der Waals surface area contributed by atoms with Crippen LogP contribution in [-0.2, 0) is 49.5 Å². The van der Waals surface area contributed by atoms with Gasteiger partial charge in [0.15, 0.2) is 24.7 Å². The molecule has 8 amide bonds. The van der Waals surface area contributed by atoms with E-state index in [1.807, 2.05) is 90.3 Å². The highest BCUT2D eigenvalue weighted by atomic mass is 16.5. The van der Waals surface area contributed by atoms with E-state index < -0.39 is 18.0 Å². The van der Waals surface area contributed by atoms with Gasteiger partial charge in [0.2, 0.25) is 29.5 Å². The van der Waals surface area contributed by atoms with E-state index in [2.05, 4.69) is 21.3 Å². The molecule has 2 saturated heterocycles.